The molecule has 0 bridgehead atoms. The molecule has 30 heavy (non-hydrogen) atoms. The third-order valence-electron chi connectivity index (χ3n) is 4.08. The molecule has 2 N–H and O–H groups in total. The van der Waals surface area contributed by atoms with Crippen molar-refractivity contribution in [3.05, 3.63) is 86.3 Å². The molecule has 0 aliphatic carbocycles. The molecule has 0 unspecified atom stereocenters. The maximum atomic E-state index is 12.3. The van der Waals surface area contributed by atoms with Crippen molar-refractivity contribution in [2.45, 2.75) is 6.61 Å². The molecule has 0 aliphatic heterocycles. The van der Waals surface area contributed by atoms with E-state index in [-0.39, 0.29) is 11.3 Å². The van der Waals surface area contributed by atoms with Gasteiger partial charge in [-0.25, -0.2) is 5.43 Å². The Morgan fingerprint density at radius 2 is 1.90 bits per heavy atom. The summed E-state index contributed by atoms with van der Waals surface area (Å²) in [4.78, 5) is 12.3. The zero-order chi connectivity index (χ0) is 21.5. The van der Waals surface area contributed by atoms with E-state index in [1.807, 2.05) is 42.5 Å². The number of amides is 1. The number of nitrogens with zero attached hydrogens (tertiary/aromatic N) is 1. The summed E-state index contributed by atoms with van der Waals surface area (Å²) in [6.07, 6.45) is 1.48. The molecule has 8 heteroatoms. The number of rotatable bonds is 7. The lowest BCUT2D eigenvalue weighted by Gasteiger charge is -2.12. The van der Waals surface area contributed by atoms with Crippen molar-refractivity contribution < 1.29 is 19.4 Å². The fraction of sp³-hybridized carbons (Fsp3) is 0.0909. The van der Waals surface area contributed by atoms with Gasteiger partial charge in [-0.1, -0.05) is 46.3 Å². The molecule has 3 rings (SSSR count). The normalized spacial score (nSPS) is 10.8. The van der Waals surface area contributed by atoms with Gasteiger partial charge in [0.15, 0.2) is 0 Å². The van der Waals surface area contributed by atoms with E-state index in [1.165, 1.54) is 25.5 Å². The molecule has 3 aromatic rings. The number of phenolic OH excluding ortho intramolecular Hbond substituents is 1. The van der Waals surface area contributed by atoms with Gasteiger partial charge in [0.25, 0.3) is 5.91 Å². The third-order valence-corrected chi connectivity index (χ3v) is 5.13. The van der Waals surface area contributed by atoms with Gasteiger partial charge in [0, 0.05) is 16.1 Å². The lowest BCUT2D eigenvalue weighted by molar-refractivity contribution is 0.0952. The lowest BCUT2D eigenvalue weighted by Crippen LogP contribution is -2.17. The summed E-state index contributed by atoms with van der Waals surface area (Å²) in [6, 6.07) is 17.9. The number of carbonyl (C=O) groups excluding carboxylic acids is 1. The molecule has 6 nitrogen and oxygen atoms in total. The Balaban J connectivity index is 1.75. The molecular formula is C22H18Br2N2O4. The van der Waals surface area contributed by atoms with E-state index >= 15 is 0 Å². The van der Waals surface area contributed by atoms with E-state index in [1.54, 1.807) is 6.07 Å². The first-order valence-electron chi connectivity index (χ1n) is 8.84. The molecule has 154 valence electrons. The number of methoxy groups -OCH3 is 1. The van der Waals surface area contributed by atoms with Crippen molar-refractivity contribution in [1.82, 2.24) is 5.43 Å². The summed E-state index contributed by atoms with van der Waals surface area (Å²) in [6.45, 7) is 0.383. The van der Waals surface area contributed by atoms with Crippen LogP contribution in [0.4, 0.5) is 0 Å². The highest BCUT2D eigenvalue weighted by Gasteiger charge is 2.12. The van der Waals surface area contributed by atoms with Crippen LogP contribution < -0.4 is 14.9 Å². The molecule has 0 saturated heterocycles. The summed E-state index contributed by atoms with van der Waals surface area (Å²) in [5, 5.41) is 14.0. The Hall–Kier alpha value is -2.84. The van der Waals surface area contributed by atoms with Crippen LogP contribution in [0.15, 0.2) is 74.7 Å². The Morgan fingerprint density at radius 1 is 1.13 bits per heavy atom. The predicted octanol–water partition coefficient (Wildman–Crippen LogP) is 5.27. The second-order valence-corrected chi connectivity index (χ2v) is 7.93. The number of aromatic hydroxyl groups is 1. The van der Waals surface area contributed by atoms with Crippen LogP contribution in [0.3, 0.4) is 0 Å². The fourth-order valence-corrected chi connectivity index (χ4v) is 3.98. The zero-order valence-electron chi connectivity index (χ0n) is 15.9. The van der Waals surface area contributed by atoms with Gasteiger partial charge in [-0.05, 0) is 45.8 Å². The van der Waals surface area contributed by atoms with Crippen molar-refractivity contribution in [3.63, 3.8) is 0 Å². The van der Waals surface area contributed by atoms with Crippen LogP contribution in [0, 0.1) is 0 Å². The van der Waals surface area contributed by atoms with Crippen molar-refractivity contribution in [2.24, 2.45) is 5.10 Å². The molecule has 0 saturated carbocycles. The van der Waals surface area contributed by atoms with Crippen LogP contribution in [0.5, 0.6) is 17.2 Å². The van der Waals surface area contributed by atoms with E-state index < -0.39 is 5.91 Å². The van der Waals surface area contributed by atoms with Gasteiger partial charge in [-0.15, -0.1) is 0 Å². The minimum Gasteiger partial charge on any atom is -0.507 e. The Kier molecular flexibility index (Phi) is 7.48. The molecule has 0 radical (unpaired) electrons. The maximum Gasteiger partial charge on any atom is 0.275 e. The molecule has 3 aromatic carbocycles. The number of benzene rings is 3. The van der Waals surface area contributed by atoms with Gasteiger partial charge in [0.05, 0.1) is 23.4 Å². The first kappa shape index (κ1) is 21.9. The predicted molar refractivity (Wildman–Crippen MR) is 122 cm³/mol. The minimum atomic E-state index is -0.549. The standard InChI is InChI=1S/C22H18Br2N2O4/c1-29-17-7-8-18(20(27)11-17)22(28)26-25-12-15-9-16(23)10-19(24)21(15)30-13-14-5-3-2-4-6-14/h2-12,27H,13H2,1H3,(H,26,28)/b25-12-. The van der Waals surface area contributed by atoms with Gasteiger partial charge >= 0.3 is 0 Å². The highest BCUT2D eigenvalue weighted by molar-refractivity contribution is 9.11. The SMILES string of the molecule is COc1ccc(C(=O)N/N=C\c2cc(Br)cc(Br)c2OCc2ccccc2)c(O)c1. The zero-order valence-corrected chi connectivity index (χ0v) is 19.1. The Bertz CT molecular complexity index is 1070. The van der Waals surface area contributed by atoms with Crippen molar-refractivity contribution >= 4 is 44.0 Å². The van der Waals surface area contributed by atoms with Gasteiger partial charge in [-0.2, -0.15) is 5.10 Å². The van der Waals surface area contributed by atoms with E-state index in [0.29, 0.717) is 23.7 Å². The lowest BCUT2D eigenvalue weighted by atomic mass is 10.2. The van der Waals surface area contributed by atoms with E-state index in [2.05, 4.69) is 42.4 Å². The fourth-order valence-electron chi connectivity index (χ4n) is 2.61. The van der Waals surface area contributed by atoms with Crippen LogP contribution in [-0.4, -0.2) is 24.3 Å². The second kappa shape index (κ2) is 10.3. The number of halogens is 2. The summed E-state index contributed by atoms with van der Waals surface area (Å²) in [7, 11) is 1.48. The number of carbonyl (C=O) groups is 1. The minimum absolute atomic E-state index is 0.0870. The average molecular weight is 534 g/mol. The highest BCUT2D eigenvalue weighted by atomic mass is 79.9. The number of nitrogens with one attached hydrogen (secondary N) is 1. The highest BCUT2D eigenvalue weighted by Crippen LogP contribution is 2.32. The van der Waals surface area contributed by atoms with Gasteiger partial charge in [-0.3, -0.25) is 4.79 Å². The van der Waals surface area contributed by atoms with Crippen LogP contribution in [-0.2, 0) is 6.61 Å². The smallest absolute Gasteiger partial charge is 0.275 e. The molecule has 0 spiro atoms. The van der Waals surface area contributed by atoms with Gasteiger partial charge in [0.2, 0.25) is 0 Å². The maximum absolute atomic E-state index is 12.3. The molecule has 1 amide bonds. The second-order valence-electron chi connectivity index (χ2n) is 6.16. The molecular weight excluding hydrogens is 516 g/mol. The summed E-state index contributed by atoms with van der Waals surface area (Å²) in [5.74, 6) is 0.297. The first-order chi connectivity index (χ1) is 14.5. The van der Waals surface area contributed by atoms with Gasteiger partial charge in [0.1, 0.15) is 23.9 Å². The topological polar surface area (TPSA) is 80.2 Å². The number of ether oxygens (including phenoxy) is 2. The number of hydrogen-bond donors (Lipinski definition) is 2. The molecule has 0 heterocycles. The van der Waals surface area contributed by atoms with Crippen LogP contribution in [0.25, 0.3) is 0 Å². The molecule has 0 aliphatic rings. The molecule has 0 aromatic heterocycles. The number of phenols is 1. The molecule has 0 atom stereocenters. The molecule has 0 fully saturated rings. The number of hydrazone groups is 1. The van der Waals surface area contributed by atoms with E-state index in [9.17, 15) is 9.90 Å². The summed E-state index contributed by atoms with van der Waals surface area (Å²) in [5.41, 5.74) is 4.18. The monoisotopic (exact) mass is 532 g/mol. The van der Waals surface area contributed by atoms with E-state index in [0.717, 1.165) is 14.5 Å². The van der Waals surface area contributed by atoms with Crippen LogP contribution in [0.2, 0.25) is 0 Å². The van der Waals surface area contributed by atoms with Gasteiger partial charge < -0.3 is 14.6 Å². The van der Waals surface area contributed by atoms with Crippen LogP contribution >= 0.6 is 31.9 Å². The van der Waals surface area contributed by atoms with Crippen LogP contribution in [0.1, 0.15) is 21.5 Å². The quantitative estimate of drug-likeness (QED) is 0.320. The summed E-state index contributed by atoms with van der Waals surface area (Å²) < 4.78 is 12.6. The summed E-state index contributed by atoms with van der Waals surface area (Å²) >= 11 is 6.95. The Labute approximate surface area is 190 Å². The third kappa shape index (κ3) is 5.61. The van der Waals surface area contributed by atoms with E-state index in [4.69, 9.17) is 9.47 Å². The van der Waals surface area contributed by atoms with Crippen molar-refractivity contribution in [3.8, 4) is 17.2 Å². The average Bonchev–Trinajstić information content (AvgIpc) is 2.73. The number of hydrogen-bond acceptors (Lipinski definition) is 5. The van der Waals surface area contributed by atoms with Crippen molar-refractivity contribution in [2.75, 3.05) is 7.11 Å². The first-order valence-corrected chi connectivity index (χ1v) is 10.4. The largest absolute Gasteiger partial charge is 0.507 e. The Morgan fingerprint density at radius 3 is 2.60 bits per heavy atom. The van der Waals surface area contributed by atoms with Crippen molar-refractivity contribution in [1.29, 1.82) is 0 Å².